The van der Waals surface area contributed by atoms with E-state index in [4.69, 9.17) is 21.1 Å². The van der Waals surface area contributed by atoms with Gasteiger partial charge < -0.3 is 14.8 Å². The molecule has 18 heavy (non-hydrogen) atoms. The second-order valence-corrected chi connectivity index (χ2v) is 4.66. The van der Waals surface area contributed by atoms with Crippen molar-refractivity contribution in [1.82, 2.24) is 0 Å². The van der Waals surface area contributed by atoms with Gasteiger partial charge in [0, 0.05) is 12.6 Å². The van der Waals surface area contributed by atoms with Crippen molar-refractivity contribution < 1.29 is 9.47 Å². The van der Waals surface area contributed by atoms with E-state index in [9.17, 15) is 0 Å². The molecule has 0 fully saturated rings. The van der Waals surface area contributed by atoms with Gasteiger partial charge in [-0.15, -0.1) is 0 Å². The van der Waals surface area contributed by atoms with Crippen LogP contribution in [0.2, 0.25) is 5.02 Å². The van der Waals surface area contributed by atoms with Gasteiger partial charge in [-0.3, -0.25) is 0 Å². The molecule has 0 unspecified atom stereocenters. The van der Waals surface area contributed by atoms with E-state index >= 15 is 0 Å². The van der Waals surface area contributed by atoms with E-state index in [1.807, 2.05) is 6.07 Å². The van der Waals surface area contributed by atoms with Crippen molar-refractivity contribution in [3.05, 3.63) is 17.2 Å². The van der Waals surface area contributed by atoms with Gasteiger partial charge in [0.25, 0.3) is 0 Å². The number of nitrogens with one attached hydrogen (secondary N) is 1. The molecule has 0 aliphatic heterocycles. The Hall–Kier alpha value is -1.09. The molecule has 102 valence electrons. The molecule has 0 aliphatic carbocycles. The fourth-order valence-corrected chi connectivity index (χ4v) is 2.07. The van der Waals surface area contributed by atoms with Crippen LogP contribution in [0.15, 0.2) is 12.1 Å². The van der Waals surface area contributed by atoms with Gasteiger partial charge in [0.05, 0.1) is 24.9 Å². The summed E-state index contributed by atoms with van der Waals surface area (Å²) < 4.78 is 10.5. The summed E-state index contributed by atoms with van der Waals surface area (Å²) in [7, 11) is 3.24. The topological polar surface area (TPSA) is 30.5 Å². The van der Waals surface area contributed by atoms with Gasteiger partial charge in [-0.2, -0.15) is 0 Å². The third-order valence-corrected chi connectivity index (χ3v) is 3.51. The Labute approximate surface area is 114 Å². The van der Waals surface area contributed by atoms with E-state index in [1.54, 1.807) is 20.3 Å². The molecule has 0 aromatic heterocycles. The molecule has 0 radical (unpaired) electrons. The Bertz CT molecular complexity index is 378. The molecule has 0 saturated heterocycles. The third kappa shape index (κ3) is 3.70. The first-order chi connectivity index (χ1) is 8.65. The van der Waals surface area contributed by atoms with Crippen molar-refractivity contribution in [2.75, 3.05) is 26.1 Å². The minimum Gasteiger partial charge on any atom is -0.495 e. The van der Waals surface area contributed by atoms with Crippen molar-refractivity contribution >= 4 is 17.3 Å². The van der Waals surface area contributed by atoms with Gasteiger partial charge in [-0.05, 0) is 12.0 Å². The largest absolute Gasteiger partial charge is 0.495 e. The SMILES string of the molecule is CCC(CC)CNc1cc(Cl)c(OC)cc1OC. The summed E-state index contributed by atoms with van der Waals surface area (Å²) >= 11 is 6.12. The Kier molecular flexibility index (Phi) is 6.13. The number of hydrogen-bond donors (Lipinski definition) is 1. The predicted octanol–water partition coefficient (Wildman–Crippen LogP) is 4.21. The average Bonchev–Trinajstić information content (AvgIpc) is 2.40. The van der Waals surface area contributed by atoms with E-state index < -0.39 is 0 Å². The molecule has 0 bridgehead atoms. The van der Waals surface area contributed by atoms with Crippen LogP contribution in [0.1, 0.15) is 26.7 Å². The molecule has 0 spiro atoms. The predicted molar refractivity (Wildman–Crippen MR) is 77.1 cm³/mol. The minimum absolute atomic E-state index is 0.588. The second-order valence-electron chi connectivity index (χ2n) is 4.25. The molecular weight excluding hydrogens is 250 g/mol. The molecular formula is C14H22ClNO2. The Balaban J connectivity index is 2.84. The van der Waals surface area contributed by atoms with Crippen LogP contribution in [0.25, 0.3) is 0 Å². The van der Waals surface area contributed by atoms with Crippen LogP contribution in [0.4, 0.5) is 5.69 Å². The van der Waals surface area contributed by atoms with Gasteiger partial charge in [0.1, 0.15) is 11.5 Å². The Morgan fingerprint density at radius 3 is 2.22 bits per heavy atom. The highest BCUT2D eigenvalue weighted by atomic mass is 35.5. The Morgan fingerprint density at radius 1 is 1.11 bits per heavy atom. The fraction of sp³-hybridized carbons (Fsp3) is 0.571. The van der Waals surface area contributed by atoms with E-state index in [1.165, 1.54) is 0 Å². The highest BCUT2D eigenvalue weighted by molar-refractivity contribution is 6.32. The number of rotatable bonds is 7. The number of ether oxygens (including phenoxy) is 2. The van der Waals surface area contributed by atoms with Gasteiger partial charge >= 0.3 is 0 Å². The first kappa shape index (κ1) is 15.0. The highest BCUT2D eigenvalue weighted by Crippen LogP contribution is 2.36. The monoisotopic (exact) mass is 271 g/mol. The third-order valence-electron chi connectivity index (χ3n) is 3.21. The zero-order chi connectivity index (χ0) is 13.5. The maximum Gasteiger partial charge on any atom is 0.145 e. The average molecular weight is 272 g/mol. The highest BCUT2D eigenvalue weighted by Gasteiger charge is 2.11. The standard InChI is InChI=1S/C14H22ClNO2/c1-5-10(6-2)9-16-12-7-11(15)13(17-3)8-14(12)18-4/h7-8,10,16H,5-6,9H2,1-4H3. The summed E-state index contributed by atoms with van der Waals surface area (Å²) in [6.45, 7) is 5.33. The van der Waals surface area contributed by atoms with Crippen molar-refractivity contribution in [2.24, 2.45) is 5.92 Å². The van der Waals surface area contributed by atoms with E-state index in [0.717, 1.165) is 30.8 Å². The van der Waals surface area contributed by atoms with E-state index in [2.05, 4.69) is 19.2 Å². The van der Waals surface area contributed by atoms with Crippen LogP contribution in [0.3, 0.4) is 0 Å². The molecule has 0 aliphatic rings. The first-order valence-electron chi connectivity index (χ1n) is 6.31. The molecule has 0 amide bonds. The van der Waals surface area contributed by atoms with Crippen LogP contribution in [-0.2, 0) is 0 Å². The minimum atomic E-state index is 0.588. The van der Waals surface area contributed by atoms with Crippen molar-refractivity contribution in [3.63, 3.8) is 0 Å². The van der Waals surface area contributed by atoms with Crippen LogP contribution in [-0.4, -0.2) is 20.8 Å². The fourth-order valence-electron chi connectivity index (χ4n) is 1.83. The van der Waals surface area contributed by atoms with Crippen molar-refractivity contribution in [3.8, 4) is 11.5 Å². The van der Waals surface area contributed by atoms with Gasteiger partial charge in [-0.1, -0.05) is 38.3 Å². The zero-order valence-electron chi connectivity index (χ0n) is 11.5. The van der Waals surface area contributed by atoms with E-state index in [0.29, 0.717) is 16.7 Å². The van der Waals surface area contributed by atoms with Crippen LogP contribution in [0.5, 0.6) is 11.5 Å². The maximum absolute atomic E-state index is 6.12. The number of benzene rings is 1. The zero-order valence-corrected chi connectivity index (χ0v) is 12.3. The number of anilines is 1. The summed E-state index contributed by atoms with van der Waals surface area (Å²) in [6, 6.07) is 3.65. The molecule has 4 heteroatoms. The maximum atomic E-state index is 6.12. The second kappa shape index (κ2) is 7.37. The summed E-state index contributed by atoms with van der Waals surface area (Å²) in [5.74, 6) is 2.04. The van der Waals surface area contributed by atoms with Crippen molar-refractivity contribution in [2.45, 2.75) is 26.7 Å². The molecule has 1 aromatic rings. The number of halogens is 1. The van der Waals surface area contributed by atoms with Crippen LogP contribution >= 0.6 is 11.6 Å². The first-order valence-corrected chi connectivity index (χ1v) is 6.69. The van der Waals surface area contributed by atoms with E-state index in [-0.39, 0.29) is 0 Å². The van der Waals surface area contributed by atoms with Gasteiger partial charge in [0.15, 0.2) is 0 Å². The lowest BCUT2D eigenvalue weighted by Crippen LogP contribution is -2.13. The summed E-state index contributed by atoms with van der Waals surface area (Å²) in [4.78, 5) is 0. The molecule has 1 rings (SSSR count). The number of hydrogen-bond acceptors (Lipinski definition) is 3. The normalized spacial score (nSPS) is 10.6. The Morgan fingerprint density at radius 2 is 1.72 bits per heavy atom. The lowest BCUT2D eigenvalue weighted by atomic mass is 10.0. The van der Waals surface area contributed by atoms with Crippen LogP contribution < -0.4 is 14.8 Å². The lowest BCUT2D eigenvalue weighted by molar-refractivity contribution is 0.395. The summed E-state index contributed by atoms with van der Waals surface area (Å²) in [5.41, 5.74) is 0.912. The molecule has 0 heterocycles. The molecule has 1 N–H and O–H groups in total. The molecule has 3 nitrogen and oxygen atoms in total. The molecule has 0 atom stereocenters. The molecule has 1 aromatic carbocycles. The number of methoxy groups -OCH3 is 2. The summed E-state index contributed by atoms with van der Waals surface area (Å²) in [5, 5.41) is 3.98. The van der Waals surface area contributed by atoms with Crippen LogP contribution in [0, 0.1) is 5.92 Å². The lowest BCUT2D eigenvalue weighted by Gasteiger charge is -2.17. The molecule has 0 saturated carbocycles. The van der Waals surface area contributed by atoms with Gasteiger partial charge in [-0.25, -0.2) is 0 Å². The quantitative estimate of drug-likeness (QED) is 0.806. The van der Waals surface area contributed by atoms with Gasteiger partial charge in [0.2, 0.25) is 0 Å². The summed E-state index contributed by atoms with van der Waals surface area (Å²) in [6.07, 6.45) is 2.32. The smallest absolute Gasteiger partial charge is 0.145 e. The van der Waals surface area contributed by atoms with Crippen molar-refractivity contribution in [1.29, 1.82) is 0 Å².